The number of fused-ring (bicyclic) bond motifs is 1. The second kappa shape index (κ2) is 6.80. The van der Waals surface area contributed by atoms with Gasteiger partial charge in [0.1, 0.15) is 0 Å². The van der Waals surface area contributed by atoms with E-state index in [-0.39, 0.29) is 5.91 Å². The number of hydrogen-bond acceptors (Lipinski definition) is 2. The molecule has 4 heteroatoms. The van der Waals surface area contributed by atoms with Crippen molar-refractivity contribution in [2.75, 3.05) is 5.32 Å². The first-order valence-electron chi connectivity index (χ1n) is 7.51. The second-order valence-electron chi connectivity index (χ2n) is 5.53. The van der Waals surface area contributed by atoms with Crippen molar-refractivity contribution in [3.05, 3.63) is 71.0 Å². The quantitative estimate of drug-likeness (QED) is 0.751. The van der Waals surface area contributed by atoms with Crippen LogP contribution < -0.4 is 5.32 Å². The van der Waals surface area contributed by atoms with Crippen LogP contribution >= 0.6 is 11.6 Å². The summed E-state index contributed by atoms with van der Waals surface area (Å²) in [6.07, 6.45) is 4.60. The molecule has 3 rings (SSSR count). The van der Waals surface area contributed by atoms with E-state index in [1.165, 1.54) is 0 Å². The lowest BCUT2D eigenvalue weighted by Gasteiger charge is -2.09. The molecule has 0 saturated heterocycles. The molecule has 0 aliphatic carbocycles. The zero-order chi connectivity index (χ0) is 16.2. The number of halogens is 1. The first-order valence-corrected chi connectivity index (χ1v) is 7.89. The number of amides is 1. The summed E-state index contributed by atoms with van der Waals surface area (Å²) >= 11 is 6.12. The van der Waals surface area contributed by atoms with Crippen LogP contribution in [0.4, 0.5) is 5.69 Å². The van der Waals surface area contributed by atoms with Gasteiger partial charge in [-0.1, -0.05) is 35.9 Å². The van der Waals surface area contributed by atoms with Gasteiger partial charge in [0.15, 0.2) is 0 Å². The van der Waals surface area contributed by atoms with E-state index in [1.54, 1.807) is 12.4 Å². The van der Waals surface area contributed by atoms with Crippen molar-refractivity contribution in [1.82, 2.24) is 4.98 Å². The summed E-state index contributed by atoms with van der Waals surface area (Å²) in [7, 11) is 0. The summed E-state index contributed by atoms with van der Waals surface area (Å²) in [6, 6.07) is 13.6. The third-order valence-electron chi connectivity index (χ3n) is 3.83. The molecule has 0 aliphatic heterocycles. The molecule has 0 bridgehead atoms. The minimum absolute atomic E-state index is 0.00832. The Morgan fingerprint density at radius 1 is 1.22 bits per heavy atom. The summed E-state index contributed by atoms with van der Waals surface area (Å²) in [5.41, 5.74) is 2.93. The normalized spacial score (nSPS) is 10.7. The smallest absolute Gasteiger partial charge is 0.224 e. The van der Waals surface area contributed by atoms with E-state index in [0.717, 1.165) is 32.6 Å². The number of rotatable bonds is 4. The topological polar surface area (TPSA) is 42.0 Å². The number of benzene rings is 2. The van der Waals surface area contributed by atoms with Crippen LogP contribution in [0.15, 0.2) is 54.9 Å². The summed E-state index contributed by atoms with van der Waals surface area (Å²) in [6.45, 7) is 1.97. The Hall–Kier alpha value is -2.39. The fourth-order valence-corrected chi connectivity index (χ4v) is 2.70. The number of anilines is 1. The lowest BCUT2D eigenvalue weighted by molar-refractivity contribution is -0.116. The van der Waals surface area contributed by atoms with E-state index in [0.29, 0.717) is 12.8 Å². The van der Waals surface area contributed by atoms with Crippen molar-refractivity contribution in [2.45, 2.75) is 19.8 Å². The van der Waals surface area contributed by atoms with E-state index in [4.69, 9.17) is 11.6 Å². The highest BCUT2D eigenvalue weighted by Gasteiger charge is 2.07. The zero-order valence-electron chi connectivity index (χ0n) is 12.8. The monoisotopic (exact) mass is 324 g/mol. The molecule has 0 unspecified atom stereocenters. The standard InChI is InChI=1S/C19H17ClN2O/c1-13-5-6-14(11-17(13)20)7-8-19(23)22-18-4-2-3-15-12-21-10-9-16(15)18/h2-6,9-12H,7-8H2,1H3,(H,22,23). The Balaban J connectivity index is 1.68. The molecule has 2 aromatic carbocycles. The van der Waals surface area contributed by atoms with Crippen molar-refractivity contribution >= 4 is 34.0 Å². The Kier molecular flexibility index (Phi) is 4.58. The van der Waals surface area contributed by atoms with Crippen LogP contribution in [0.3, 0.4) is 0 Å². The first kappa shape index (κ1) is 15.5. The third-order valence-corrected chi connectivity index (χ3v) is 4.24. The molecular formula is C19H17ClN2O. The number of carbonyl (C=O) groups is 1. The molecule has 116 valence electrons. The van der Waals surface area contributed by atoms with Crippen molar-refractivity contribution in [1.29, 1.82) is 0 Å². The Morgan fingerprint density at radius 3 is 2.91 bits per heavy atom. The fourth-order valence-electron chi connectivity index (χ4n) is 2.49. The number of nitrogens with zero attached hydrogens (tertiary/aromatic N) is 1. The van der Waals surface area contributed by atoms with Crippen LogP contribution in [-0.2, 0) is 11.2 Å². The van der Waals surface area contributed by atoms with E-state index < -0.39 is 0 Å². The van der Waals surface area contributed by atoms with Gasteiger partial charge in [-0.15, -0.1) is 0 Å². The largest absolute Gasteiger partial charge is 0.326 e. The molecule has 0 aliphatic rings. The maximum Gasteiger partial charge on any atom is 0.224 e. The van der Waals surface area contributed by atoms with Crippen LogP contribution in [0.5, 0.6) is 0 Å². The minimum atomic E-state index is -0.00832. The van der Waals surface area contributed by atoms with Crippen LogP contribution in [0.2, 0.25) is 5.02 Å². The average molecular weight is 325 g/mol. The van der Waals surface area contributed by atoms with Gasteiger partial charge >= 0.3 is 0 Å². The van der Waals surface area contributed by atoms with Gasteiger partial charge in [-0.2, -0.15) is 0 Å². The van der Waals surface area contributed by atoms with E-state index >= 15 is 0 Å². The van der Waals surface area contributed by atoms with Gasteiger partial charge in [0.05, 0.1) is 0 Å². The lowest BCUT2D eigenvalue weighted by Crippen LogP contribution is -2.12. The molecule has 23 heavy (non-hydrogen) atoms. The molecular weight excluding hydrogens is 308 g/mol. The molecule has 1 amide bonds. The van der Waals surface area contributed by atoms with Crippen LogP contribution in [-0.4, -0.2) is 10.9 Å². The van der Waals surface area contributed by atoms with E-state index in [9.17, 15) is 4.79 Å². The SMILES string of the molecule is Cc1ccc(CCC(=O)Nc2cccc3cnccc23)cc1Cl. The molecule has 0 saturated carbocycles. The maximum atomic E-state index is 12.2. The predicted molar refractivity (Wildman–Crippen MR) is 94.9 cm³/mol. The van der Waals surface area contributed by atoms with E-state index in [1.807, 2.05) is 49.4 Å². The van der Waals surface area contributed by atoms with Crippen molar-refractivity contribution in [3.63, 3.8) is 0 Å². The highest BCUT2D eigenvalue weighted by molar-refractivity contribution is 6.31. The second-order valence-corrected chi connectivity index (χ2v) is 5.94. The molecule has 0 radical (unpaired) electrons. The molecule has 1 aromatic heterocycles. The molecule has 1 heterocycles. The first-order chi connectivity index (χ1) is 11.1. The summed E-state index contributed by atoms with van der Waals surface area (Å²) < 4.78 is 0. The number of hydrogen-bond donors (Lipinski definition) is 1. The van der Waals surface area contributed by atoms with Gasteiger partial charge in [-0.25, -0.2) is 0 Å². The molecule has 1 N–H and O–H groups in total. The van der Waals surface area contributed by atoms with Crippen molar-refractivity contribution in [3.8, 4) is 0 Å². The van der Waals surface area contributed by atoms with Gasteiger partial charge < -0.3 is 5.32 Å². The highest BCUT2D eigenvalue weighted by Crippen LogP contribution is 2.22. The number of pyridine rings is 1. The number of aryl methyl sites for hydroxylation is 2. The zero-order valence-corrected chi connectivity index (χ0v) is 13.6. The summed E-state index contributed by atoms with van der Waals surface area (Å²) in [5, 5.41) is 5.73. The molecule has 0 fully saturated rings. The summed E-state index contributed by atoms with van der Waals surface area (Å²) in [4.78, 5) is 16.3. The molecule has 0 spiro atoms. The Morgan fingerprint density at radius 2 is 2.09 bits per heavy atom. The molecule has 0 atom stereocenters. The van der Waals surface area contributed by atoms with Crippen molar-refractivity contribution < 1.29 is 4.79 Å². The van der Waals surface area contributed by atoms with Gasteiger partial charge in [-0.3, -0.25) is 9.78 Å². The van der Waals surface area contributed by atoms with Crippen LogP contribution in [0, 0.1) is 6.92 Å². The predicted octanol–water partition coefficient (Wildman–Crippen LogP) is 4.77. The van der Waals surface area contributed by atoms with Crippen molar-refractivity contribution in [2.24, 2.45) is 0 Å². The molecule has 3 aromatic rings. The fraction of sp³-hybridized carbons (Fsp3) is 0.158. The third kappa shape index (κ3) is 3.69. The number of aromatic nitrogens is 1. The van der Waals surface area contributed by atoms with Crippen LogP contribution in [0.25, 0.3) is 10.8 Å². The van der Waals surface area contributed by atoms with Gasteiger partial charge in [-0.05, 0) is 42.7 Å². The summed E-state index contributed by atoms with van der Waals surface area (Å²) in [5.74, 6) is -0.00832. The number of carbonyl (C=O) groups excluding carboxylic acids is 1. The Labute approximate surface area is 140 Å². The minimum Gasteiger partial charge on any atom is -0.326 e. The van der Waals surface area contributed by atoms with Gasteiger partial charge in [0.2, 0.25) is 5.91 Å². The highest BCUT2D eigenvalue weighted by atomic mass is 35.5. The maximum absolute atomic E-state index is 12.2. The number of nitrogens with one attached hydrogen (secondary N) is 1. The lowest BCUT2D eigenvalue weighted by atomic mass is 10.1. The van der Waals surface area contributed by atoms with Crippen LogP contribution in [0.1, 0.15) is 17.5 Å². The average Bonchev–Trinajstić information content (AvgIpc) is 2.56. The van der Waals surface area contributed by atoms with Gasteiger partial charge in [0, 0.05) is 40.3 Å². The molecule has 3 nitrogen and oxygen atoms in total. The van der Waals surface area contributed by atoms with E-state index in [2.05, 4.69) is 10.3 Å². The Bertz CT molecular complexity index is 856. The van der Waals surface area contributed by atoms with Gasteiger partial charge in [0.25, 0.3) is 0 Å².